The van der Waals surface area contributed by atoms with Crippen LogP contribution in [0.1, 0.15) is 5.56 Å². The van der Waals surface area contributed by atoms with Crippen molar-refractivity contribution in [1.29, 1.82) is 0 Å². The minimum absolute atomic E-state index is 0.170. The molecule has 108 valence electrons. The number of fused-ring (bicyclic) bond motifs is 1. The van der Waals surface area contributed by atoms with Crippen molar-refractivity contribution in [3.8, 4) is 11.6 Å². The lowest BCUT2D eigenvalue weighted by Crippen LogP contribution is -2.18. The molecule has 3 aromatic rings. The van der Waals surface area contributed by atoms with Crippen molar-refractivity contribution in [3.63, 3.8) is 0 Å². The molecule has 0 amide bonds. The Morgan fingerprint density at radius 3 is 2.86 bits per heavy atom. The van der Waals surface area contributed by atoms with Gasteiger partial charge in [-0.2, -0.15) is 9.61 Å². The molecule has 2 aromatic heterocycles. The van der Waals surface area contributed by atoms with Gasteiger partial charge in [0.1, 0.15) is 5.75 Å². The third-order valence-electron chi connectivity index (χ3n) is 3.07. The standard InChI is InChI=1S/C14H12BrN3O3/c15-11-8-16-18-12(11)17-13(19)10(14(18)20)6-7-21-9-4-2-1-3-5-9/h1-5,8,20H,6-7H2,(H,17,19). The van der Waals surface area contributed by atoms with Crippen molar-refractivity contribution >= 4 is 21.6 Å². The van der Waals surface area contributed by atoms with Gasteiger partial charge in [0.15, 0.2) is 5.65 Å². The van der Waals surface area contributed by atoms with Crippen LogP contribution in [0.25, 0.3) is 5.65 Å². The van der Waals surface area contributed by atoms with E-state index >= 15 is 0 Å². The van der Waals surface area contributed by atoms with Crippen LogP contribution >= 0.6 is 15.9 Å². The van der Waals surface area contributed by atoms with Gasteiger partial charge in [0.2, 0.25) is 5.88 Å². The number of nitrogens with zero attached hydrogens (tertiary/aromatic N) is 2. The Morgan fingerprint density at radius 2 is 2.10 bits per heavy atom. The molecule has 0 radical (unpaired) electrons. The molecule has 6 nitrogen and oxygen atoms in total. The SMILES string of the molecule is O=c1[nH]c2c(Br)cnn2c(O)c1CCOc1ccccc1. The van der Waals surface area contributed by atoms with Gasteiger partial charge in [-0.1, -0.05) is 18.2 Å². The molecule has 0 aliphatic carbocycles. The summed E-state index contributed by atoms with van der Waals surface area (Å²) >= 11 is 3.25. The van der Waals surface area contributed by atoms with Crippen molar-refractivity contribution in [2.24, 2.45) is 0 Å². The Balaban J connectivity index is 1.82. The monoisotopic (exact) mass is 349 g/mol. The molecule has 21 heavy (non-hydrogen) atoms. The number of benzene rings is 1. The number of hydrogen-bond donors (Lipinski definition) is 2. The van der Waals surface area contributed by atoms with E-state index in [1.165, 1.54) is 10.7 Å². The number of aromatic amines is 1. The maximum atomic E-state index is 12.0. The Morgan fingerprint density at radius 1 is 1.33 bits per heavy atom. The van der Waals surface area contributed by atoms with Gasteiger partial charge in [0.25, 0.3) is 5.56 Å². The van der Waals surface area contributed by atoms with E-state index in [4.69, 9.17) is 4.74 Å². The van der Waals surface area contributed by atoms with Gasteiger partial charge >= 0.3 is 0 Å². The van der Waals surface area contributed by atoms with Crippen LogP contribution in [0.5, 0.6) is 11.6 Å². The topological polar surface area (TPSA) is 79.6 Å². The smallest absolute Gasteiger partial charge is 0.258 e. The summed E-state index contributed by atoms with van der Waals surface area (Å²) in [5.74, 6) is 0.549. The number of H-pyrrole nitrogens is 1. The van der Waals surface area contributed by atoms with Crippen molar-refractivity contribution in [3.05, 3.63) is 56.9 Å². The maximum Gasteiger partial charge on any atom is 0.258 e. The molecular formula is C14H12BrN3O3. The summed E-state index contributed by atoms with van der Waals surface area (Å²) in [6.07, 6.45) is 1.79. The highest BCUT2D eigenvalue weighted by atomic mass is 79.9. The molecular weight excluding hydrogens is 338 g/mol. The minimum Gasteiger partial charge on any atom is -0.493 e. The molecule has 2 heterocycles. The zero-order valence-corrected chi connectivity index (χ0v) is 12.5. The average molecular weight is 350 g/mol. The van der Waals surface area contributed by atoms with E-state index in [2.05, 4.69) is 26.0 Å². The summed E-state index contributed by atoms with van der Waals surface area (Å²) in [5.41, 5.74) is 0.317. The van der Waals surface area contributed by atoms with E-state index < -0.39 is 0 Å². The van der Waals surface area contributed by atoms with E-state index in [0.29, 0.717) is 10.1 Å². The first-order valence-corrected chi connectivity index (χ1v) is 7.11. The normalized spacial score (nSPS) is 10.9. The molecule has 0 bridgehead atoms. The van der Waals surface area contributed by atoms with Crippen LogP contribution in [0.15, 0.2) is 45.8 Å². The molecule has 3 rings (SSSR count). The maximum absolute atomic E-state index is 12.0. The van der Waals surface area contributed by atoms with Gasteiger partial charge in [0, 0.05) is 6.42 Å². The van der Waals surface area contributed by atoms with Gasteiger partial charge in [-0.25, -0.2) is 0 Å². The second kappa shape index (κ2) is 5.61. The molecule has 7 heteroatoms. The van der Waals surface area contributed by atoms with Crippen molar-refractivity contribution < 1.29 is 9.84 Å². The number of halogens is 1. The van der Waals surface area contributed by atoms with Gasteiger partial charge in [0.05, 0.1) is 22.8 Å². The first-order chi connectivity index (χ1) is 10.2. The summed E-state index contributed by atoms with van der Waals surface area (Å²) in [7, 11) is 0. The van der Waals surface area contributed by atoms with Crippen LogP contribution in [0, 0.1) is 0 Å². The van der Waals surface area contributed by atoms with E-state index in [1.54, 1.807) is 0 Å². The lowest BCUT2D eigenvalue weighted by molar-refractivity contribution is 0.317. The van der Waals surface area contributed by atoms with Gasteiger partial charge < -0.3 is 14.8 Å². The first kappa shape index (κ1) is 13.7. The largest absolute Gasteiger partial charge is 0.493 e. The zero-order chi connectivity index (χ0) is 14.8. The summed E-state index contributed by atoms with van der Waals surface area (Å²) in [6, 6.07) is 9.29. The second-order valence-corrected chi connectivity index (χ2v) is 5.28. The first-order valence-electron chi connectivity index (χ1n) is 6.32. The van der Waals surface area contributed by atoms with Gasteiger partial charge in [-0.15, -0.1) is 0 Å². The minimum atomic E-state index is -0.349. The average Bonchev–Trinajstić information content (AvgIpc) is 2.85. The zero-order valence-electron chi connectivity index (χ0n) is 10.9. The van der Waals surface area contributed by atoms with Crippen LogP contribution in [0.2, 0.25) is 0 Å². The summed E-state index contributed by atoms with van der Waals surface area (Å²) in [6.45, 7) is 0.286. The Kier molecular flexibility index (Phi) is 3.66. The van der Waals surface area contributed by atoms with Crippen LogP contribution in [0.3, 0.4) is 0 Å². The summed E-state index contributed by atoms with van der Waals surface area (Å²) in [5, 5.41) is 14.1. The molecule has 0 fully saturated rings. The van der Waals surface area contributed by atoms with E-state index in [0.717, 1.165) is 5.75 Å². The molecule has 0 unspecified atom stereocenters. The van der Waals surface area contributed by atoms with E-state index in [1.807, 2.05) is 30.3 Å². The number of aromatic nitrogens is 3. The van der Waals surface area contributed by atoms with Crippen LogP contribution in [-0.2, 0) is 6.42 Å². The van der Waals surface area contributed by atoms with Crippen LogP contribution in [0.4, 0.5) is 0 Å². The van der Waals surface area contributed by atoms with Gasteiger partial charge in [-0.3, -0.25) is 4.79 Å². The van der Waals surface area contributed by atoms with E-state index in [9.17, 15) is 9.90 Å². The highest BCUT2D eigenvalue weighted by Gasteiger charge is 2.14. The highest BCUT2D eigenvalue weighted by molar-refractivity contribution is 9.10. The lowest BCUT2D eigenvalue weighted by Gasteiger charge is -2.07. The Hall–Kier alpha value is -2.28. The Bertz CT molecular complexity index is 827. The predicted octanol–water partition coefficient (Wildman–Crippen LogP) is 2.11. The lowest BCUT2D eigenvalue weighted by atomic mass is 10.2. The fraction of sp³-hybridized carbons (Fsp3) is 0.143. The predicted molar refractivity (Wildman–Crippen MR) is 80.8 cm³/mol. The van der Waals surface area contributed by atoms with Crippen LogP contribution < -0.4 is 10.3 Å². The molecule has 1 aromatic carbocycles. The third-order valence-corrected chi connectivity index (χ3v) is 3.65. The number of nitrogens with one attached hydrogen (secondary N) is 1. The molecule has 0 aliphatic rings. The Labute approximate surface area is 128 Å². The number of para-hydroxylation sites is 1. The molecule has 0 spiro atoms. The quantitative estimate of drug-likeness (QED) is 0.755. The van der Waals surface area contributed by atoms with Gasteiger partial charge in [-0.05, 0) is 28.1 Å². The molecule has 0 atom stereocenters. The molecule has 0 aliphatic heterocycles. The van der Waals surface area contributed by atoms with E-state index in [-0.39, 0.29) is 30.0 Å². The fourth-order valence-corrected chi connectivity index (χ4v) is 2.39. The second-order valence-electron chi connectivity index (χ2n) is 4.42. The highest BCUT2D eigenvalue weighted by Crippen LogP contribution is 2.20. The molecule has 0 saturated carbocycles. The summed E-state index contributed by atoms with van der Waals surface area (Å²) < 4.78 is 7.43. The van der Waals surface area contributed by atoms with Crippen molar-refractivity contribution in [1.82, 2.24) is 14.6 Å². The number of aromatic hydroxyl groups is 1. The molecule has 0 saturated heterocycles. The van der Waals surface area contributed by atoms with Crippen LogP contribution in [-0.4, -0.2) is 26.3 Å². The summed E-state index contributed by atoms with van der Waals surface area (Å²) in [4.78, 5) is 14.7. The van der Waals surface area contributed by atoms with Crippen molar-refractivity contribution in [2.75, 3.05) is 6.61 Å². The molecule has 2 N–H and O–H groups in total. The number of rotatable bonds is 4. The third kappa shape index (κ3) is 2.64. The number of ether oxygens (including phenoxy) is 1. The number of hydrogen-bond acceptors (Lipinski definition) is 4. The van der Waals surface area contributed by atoms with Crippen molar-refractivity contribution in [2.45, 2.75) is 6.42 Å². The fourth-order valence-electron chi connectivity index (χ4n) is 2.03.